The minimum absolute atomic E-state index is 0. The quantitative estimate of drug-likeness (QED) is 0.174. The molecule has 6 radical (unpaired) electrons. The molecule has 0 unspecified atom stereocenters. The number of carbonyl (C=O) groups excluding carboxylic acids is 1. The second kappa shape index (κ2) is 202. The summed E-state index contributed by atoms with van der Waals surface area (Å²) in [7, 11) is 0. The van der Waals surface area contributed by atoms with Crippen molar-refractivity contribution in [2.75, 3.05) is 0 Å². The van der Waals surface area contributed by atoms with Gasteiger partial charge in [0.05, 0.1) is 0 Å². The van der Waals surface area contributed by atoms with Gasteiger partial charge in [-0.1, -0.05) is 5.92 Å². The van der Waals surface area contributed by atoms with Crippen molar-refractivity contribution in [2.45, 2.75) is 6.92 Å². The first-order valence-electron chi connectivity index (χ1n) is 4.17. The third kappa shape index (κ3) is 239. The van der Waals surface area contributed by atoms with Crippen LogP contribution in [-0.2, 0) is 70.6 Å². The monoisotopic (exact) mass is 458 g/mol. The van der Waals surface area contributed by atoms with Gasteiger partial charge in [-0.15, -0.1) is 0 Å². The Morgan fingerprint density at radius 2 is 0.833 bits per heavy atom. The Kier molecular flexibility index (Phi) is 479. The summed E-state index contributed by atoms with van der Waals surface area (Å²) in [6.45, 7) is 28.6. The fourth-order valence-electron chi connectivity index (χ4n) is 0.380. The van der Waals surface area contributed by atoms with Gasteiger partial charge in [0, 0.05) is 37.8 Å². The molecule has 0 saturated heterocycles. The second-order valence-electron chi connectivity index (χ2n) is 1.47. The van der Waals surface area contributed by atoms with Gasteiger partial charge >= 0.3 is 67.8 Å². The maximum Gasteiger partial charge on any atom is 0 e. The summed E-state index contributed by atoms with van der Waals surface area (Å²) in [6, 6.07) is 0. The maximum absolute atomic E-state index is 9.23. The van der Waals surface area contributed by atoms with Crippen LogP contribution >= 0.6 is 0 Å². The molecule has 0 atom stereocenters. The molecule has 1 aliphatic carbocycles. The Bertz CT molecular complexity index is 288. The van der Waals surface area contributed by atoms with Gasteiger partial charge in [-0.3, -0.25) is 4.79 Å². The second-order valence-corrected chi connectivity index (χ2v) is 1.47. The summed E-state index contributed by atoms with van der Waals surface area (Å²) in [5.41, 5.74) is 0. The van der Waals surface area contributed by atoms with E-state index in [1.165, 1.54) is 0 Å². The first-order chi connectivity index (χ1) is 10.9. The van der Waals surface area contributed by atoms with Gasteiger partial charge in [-0.05, 0) is 44.9 Å². The Labute approximate surface area is 167 Å². The molecule has 0 aliphatic heterocycles. The van der Waals surface area contributed by atoms with Gasteiger partial charge in [0.2, 0.25) is 0 Å². The molecule has 1 saturated carbocycles. The number of carbonyl (C=O) groups is 1. The molecule has 0 spiro atoms. The van der Waals surface area contributed by atoms with Crippen LogP contribution < -0.4 is 0 Å². The van der Waals surface area contributed by atoms with Crippen LogP contribution in [0.2, 0.25) is 0 Å². The zero-order valence-electron chi connectivity index (χ0n) is 12.1. The van der Waals surface area contributed by atoms with Crippen molar-refractivity contribution in [2.24, 2.45) is 0 Å². The predicted molar refractivity (Wildman–Crippen MR) is 64.6 cm³/mol. The molecular formula is C15H9CoMoO7. The van der Waals surface area contributed by atoms with Crippen molar-refractivity contribution in [3.8, 4) is 11.8 Å². The zero-order chi connectivity index (χ0) is 19.7. The molecule has 1 aliphatic rings. The number of aldehydes is 1. The number of hydrogen-bond donors (Lipinski definition) is 0. The van der Waals surface area contributed by atoms with E-state index in [-0.39, 0.29) is 37.8 Å². The molecule has 24 heavy (non-hydrogen) atoms. The van der Waals surface area contributed by atoms with E-state index in [1.807, 2.05) is 32.1 Å². The van der Waals surface area contributed by atoms with Crippen LogP contribution in [0.1, 0.15) is 6.92 Å². The van der Waals surface area contributed by atoms with Crippen LogP contribution in [0.3, 0.4) is 0 Å². The summed E-state index contributed by atoms with van der Waals surface area (Å²) < 4.78 is 45.0. The van der Waals surface area contributed by atoms with Gasteiger partial charge in [-0.25, -0.2) is 0 Å². The van der Waals surface area contributed by atoms with Crippen molar-refractivity contribution in [3.63, 3.8) is 0 Å². The molecule has 0 amide bonds. The molecule has 1 fully saturated rings. The Morgan fingerprint density at radius 3 is 0.875 bits per heavy atom. The van der Waals surface area contributed by atoms with Gasteiger partial charge in [0.15, 0.2) is 6.29 Å². The molecule has 0 heterocycles. The van der Waals surface area contributed by atoms with Crippen LogP contribution in [0.4, 0.5) is 0 Å². The summed E-state index contributed by atoms with van der Waals surface area (Å²) in [6.07, 6.45) is 10.6. The number of hydrogen-bond acceptors (Lipinski definition) is 1. The first-order valence-corrected chi connectivity index (χ1v) is 4.17. The van der Waals surface area contributed by atoms with Crippen LogP contribution in [-0.4, -0.2) is 6.29 Å². The molecule has 0 N–H and O–H groups in total. The molecule has 9 heteroatoms. The molecule has 0 aromatic rings. The molecule has 7 nitrogen and oxygen atoms in total. The normalized spacial score (nSPS) is 6.38. The standard InChI is InChI=1S/C5H5.C4H4O.6CO.Co.Mo/c1-2-4-5-3-1;1-2-3-4-5;6*1-2;;/h1-5H;4H,1H3;;;;;;;;. The van der Waals surface area contributed by atoms with E-state index in [0.29, 0.717) is 6.29 Å². The van der Waals surface area contributed by atoms with Gasteiger partial charge < -0.3 is 0 Å². The number of rotatable bonds is 0. The largest absolute Gasteiger partial charge is 0.0312 e. The smallest absolute Gasteiger partial charge is 0 e. The minimum Gasteiger partial charge on any atom is -0.0312 e. The van der Waals surface area contributed by atoms with Crippen LogP contribution in [0, 0.1) is 83.8 Å². The van der Waals surface area contributed by atoms with E-state index in [0.717, 1.165) is 0 Å². The van der Waals surface area contributed by atoms with E-state index < -0.39 is 0 Å². The van der Waals surface area contributed by atoms with Crippen LogP contribution in [0.15, 0.2) is 0 Å². The summed E-state index contributed by atoms with van der Waals surface area (Å²) in [5, 5.41) is 0. The van der Waals surface area contributed by atoms with Crippen LogP contribution in [0.25, 0.3) is 0 Å². The fourth-order valence-corrected chi connectivity index (χ4v) is 0.380. The van der Waals surface area contributed by atoms with Crippen molar-refractivity contribution in [1.29, 1.82) is 0 Å². The predicted octanol–water partition coefficient (Wildman–Crippen LogP) is 1.000. The molecule has 126 valence electrons. The topological polar surface area (TPSA) is 136 Å². The van der Waals surface area contributed by atoms with E-state index in [1.54, 1.807) is 6.92 Å². The minimum atomic E-state index is 0. The SMILES string of the molecule is CC#CC=O.[C-]#[O+].[C-]#[O+].[C-]#[O+].[C-]#[O+].[C-]#[O+].[C-]#[O+].[CH]1[CH][CH][CH][CH]1.[Co].[Mo]. The Hall–Kier alpha value is -1.14. The Balaban J connectivity index is -0.0000000160. The first kappa shape index (κ1) is 56.9. The summed E-state index contributed by atoms with van der Waals surface area (Å²) >= 11 is 0. The third-order valence-electron chi connectivity index (χ3n) is 0.759. The van der Waals surface area contributed by atoms with E-state index in [4.69, 9.17) is 27.9 Å². The van der Waals surface area contributed by atoms with Gasteiger partial charge in [-0.2, -0.15) is 0 Å². The third-order valence-corrected chi connectivity index (χ3v) is 0.759. The van der Waals surface area contributed by atoms with E-state index in [9.17, 15) is 4.79 Å². The Morgan fingerprint density at radius 1 is 0.667 bits per heavy atom. The molecule has 1 rings (SSSR count). The molecule has 0 aromatic carbocycles. The van der Waals surface area contributed by atoms with Crippen molar-refractivity contribution < 1.29 is 70.6 Å². The van der Waals surface area contributed by atoms with Crippen LogP contribution in [0.5, 0.6) is 0 Å². The molecular weight excluding hydrogens is 447 g/mol. The molecule has 0 aromatic heterocycles. The average molecular weight is 456 g/mol. The zero-order valence-corrected chi connectivity index (χ0v) is 15.1. The van der Waals surface area contributed by atoms with Gasteiger partial charge in [0.1, 0.15) is 0 Å². The summed E-state index contributed by atoms with van der Waals surface area (Å²) in [5.74, 6) is 4.58. The van der Waals surface area contributed by atoms with E-state index in [2.05, 4.69) is 51.7 Å². The van der Waals surface area contributed by atoms with Crippen molar-refractivity contribution in [3.05, 3.63) is 72.0 Å². The van der Waals surface area contributed by atoms with Crippen molar-refractivity contribution >= 4 is 6.29 Å². The summed E-state index contributed by atoms with van der Waals surface area (Å²) in [4.78, 5) is 9.23. The maximum atomic E-state index is 9.23. The fraction of sp³-hybridized carbons (Fsp3) is 0.0667. The van der Waals surface area contributed by atoms with Gasteiger partial charge in [0.25, 0.3) is 0 Å². The van der Waals surface area contributed by atoms with E-state index >= 15 is 0 Å². The molecule has 0 bridgehead atoms. The van der Waals surface area contributed by atoms with Crippen molar-refractivity contribution in [1.82, 2.24) is 0 Å². The average Bonchev–Trinajstić information content (AvgIpc) is 3.26.